The number of benzene rings is 2. The van der Waals surface area contributed by atoms with Crippen molar-refractivity contribution >= 4 is 33.3 Å². The number of nitrogens with two attached hydrogens (primary N) is 1. The molecule has 0 aliphatic heterocycles. The monoisotopic (exact) mass is 393 g/mol. The van der Waals surface area contributed by atoms with Crippen molar-refractivity contribution in [1.29, 1.82) is 0 Å². The molecule has 11 heteroatoms. The summed E-state index contributed by atoms with van der Waals surface area (Å²) in [6, 6.07) is 9.23. The number of hydrogen-bond acceptors (Lipinski definition) is 7. The quantitative estimate of drug-likeness (QED) is 0.425. The Morgan fingerprint density at radius 3 is 2.52 bits per heavy atom. The molecule has 10 nitrogen and oxygen atoms in total. The minimum Gasteiger partial charge on any atom is -0.452 e. The van der Waals surface area contributed by atoms with E-state index in [2.05, 4.69) is 5.32 Å². The number of hydrogen-bond donors (Lipinski definition) is 2. The summed E-state index contributed by atoms with van der Waals surface area (Å²) < 4.78 is 27.8. The van der Waals surface area contributed by atoms with E-state index in [0.717, 1.165) is 6.07 Å². The van der Waals surface area contributed by atoms with Crippen LogP contribution >= 0.6 is 0 Å². The fraction of sp³-hybridized carbons (Fsp3) is 0.125. The molecule has 0 fully saturated rings. The normalized spacial score (nSPS) is 10.9. The van der Waals surface area contributed by atoms with Crippen molar-refractivity contribution in [3.63, 3.8) is 0 Å². The number of sulfonamides is 1. The Morgan fingerprint density at radius 1 is 1.22 bits per heavy atom. The van der Waals surface area contributed by atoms with E-state index in [1.165, 1.54) is 43.3 Å². The molecular weight excluding hydrogens is 378 g/mol. The van der Waals surface area contributed by atoms with Crippen molar-refractivity contribution in [2.45, 2.75) is 11.8 Å². The van der Waals surface area contributed by atoms with Gasteiger partial charge in [0.1, 0.15) is 5.69 Å². The molecule has 1 amide bonds. The highest BCUT2D eigenvalue weighted by atomic mass is 32.2. The first-order valence-electron chi connectivity index (χ1n) is 7.43. The second-order valence-electron chi connectivity index (χ2n) is 5.42. The number of carbonyl (C=O) groups excluding carboxylic acids is 2. The number of nitro groups is 1. The van der Waals surface area contributed by atoms with Crippen LogP contribution in [0.25, 0.3) is 0 Å². The summed E-state index contributed by atoms with van der Waals surface area (Å²) in [4.78, 5) is 33.9. The van der Waals surface area contributed by atoms with E-state index in [9.17, 15) is 28.1 Å². The first-order valence-corrected chi connectivity index (χ1v) is 8.98. The van der Waals surface area contributed by atoms with Gasteiger partial charge in [0.2, 0.25) is 10.0 Å². The van der Waals surface area contributed by atoms with Crippen LogP contribution in [0.5, 0.6) is 0 Å². The molecule has 3 N–H and O–H groups in total. The lowest BCUT2D eigenvalue weighted by Gasteiger charge is -2.09. The number of anilines is 1. The number of nitrogens with zero attached hydrogens (tertiary/aromatic N) is 1. The van der Waals surface area contributed by atoms with Gasteiger partial charge in [-0.3, -0.25) is 14.9 Å². The second-order valence-corrected chi connectivity index (χ2v) is 6.95. The summed E-state index contributed by atoms with van der Waals surface area (Å²) in [7, 11) is -4.03. The number of ether oxygens (including phenoxy) is 1. The molecule has 0 heterocycles. The number of aryl methyl sites for hydroxylation is 1. The van der Waals surface area contributed by atoms with Crippen LogP contribution < -0.4 is 10.5 Å². The molecule has 2 aromatic carbocycles. The van der Waals surface area contributed by atoms with Crippen molar-refractivity contribution < 1.29 is 27.7 Å². The van der Waals surface area contributed by atoms with Crippen molar-refractivity contribution in [3.05, 3.63) is 63.7 Å². The van der Waals surface area contributed by atoms with E-state index >= 15 is 0 Å². The Kier molecular flexibility index (Phi) is 5.88. The Hall–Kier alpha value is -3.31. The van der Waals surface area contributed by atoms with Gasteiger partial charge in [-0.1, -0.05) is 18.2 Å². The number of carbonyl (C=O) groups is 2. The number of amides is 1. The lowest BCUT2D eigenvalue weighted by molar-refractivity contribution is -0.383. The van der Waals surface area contributed by atoms with Crippen molar-refractivity contribution in [2.75, 3.05) is 11.9 Å². The molecule has 0 bridgehead atoms. The molecule has 142 valence electrons. The average Bonchev–Trinajstić information content (AvgIpc) is 2.59. The van der Waals surface area contributed by atoms with Gasteiger partial charge in [0, 0.05) is 6.07 Å². The maximum absolute atomic E-state index is 12.0. The van der Waals surface area contributed by atoms with Crippen LogP contribution in [-0.2, 0) is 19.6 Å². The molecule has 0 saturated carbocycles. The maximum Gasteiger partial charge on any atom is 0.338 e. The molecule has 0 unspecified atom stereocenters. The molecule has 0 spiro atoms. The first kappa shape index (κ1) is 20.0. The zero-order valence-corrected chi connectivity index (χ0v) is 14.9. The number of nitro benzene ring substituents is 1. The highest BCUT2D eigenvalue weighted by Gasteiger charge is 2.18. The number of esters is 1. The van der Waals surface area contributed by atoms with Crippen LogP contribution in [0.4, 0.5) is 11.4 Å². The van der Waals surface area contributed by atoms with Gasteiger partial charge in [-0.15, -0.1) is 0 Å². The summed E-state index contributed by atoms with van der Waals surface area (Å²) in [6.45, 7) is 0.790. The standard InChI is InChI=1S/C16H15N3O7S/c1-10-6-7-11(8-14(10)27(17,24)25)16(21)26-9-15(20)18-12-4-2-3-5-13(12)19(22)23/h2-8H,9H2,1H3,(H,18,20)(H2,17,24,25). The highest BCUT2D eigenvalue weighted by molar-refractivity contribution is 7.89. The third-order valence-corrected chi connectivity index (χ3v) is 4.49. The molecule has 0 aliphatic rings. The van der Waals surface area contributed by atoms with Crippen molar-refractivity contribution in [1.82, 2.24) is 0 Å². The fourth-order valence-electron chi connectivity index (χ4n) is 2.17. The Balaban J connectivity index is 2.06. The molecule has 0 aromatic heterocycles. The third kappa shape index (κ3) is 5.09. The minimum absolute atomic E-state index is 0.0459. The molecular formula is C16H15N3O7S. The van der Waals surface area contributed by atoms with E-state index in [4.69, 9.17) is 9.88 Å². The van der Waals surface area contributed by atoms with E-state index in [-0.39, 0.29) is 21.8 Å². The second kappa shape index (κ2) is 7.93. The van der Waals surface area contributed by atoms with E-state index in [0.29, 0.717) is 5.56 Å². The van der Waals surface area contributed by atoms with Crippen LogP contribution in [0.3, 0.4) is 0 Å². The molecule has 2 rings (SSSR count). The maximum atomic E-state index is 12.0. The SMILES string of the molecule is Cc1ccc(C(=O)OCC(=O)Nc2ccccc2[N+](=O)[O-])cc1S(N)(=O)=O. The summed E-state index contributed by atoms with van der Waals surface area (Å²) in [5.74, 6) is -1.74. The zero-order valence-electron chi connectivity index (χ0n) is 14.0. The van der Waals surface area contributed by atoms with Gasteiger partial charge in [0.25, 0.3) is 11.6 Å². The van der Waals surface area contributed by atoms with Gasteiger partial charge in [-0.25, -0.2) is 18.4 Å². The summed E-state index contributed by atoms with van der Waals surface area (Å²) in [5.41, 5.74) is -0.116. The lowest BCUT2D eigenvalue weighted by atomic mass is 10.1. The first-order chi connectivity index (χ1) is 12.6. The topological polar surface area (TPSA) is 159 Å². The van der Waals surface area contributed by atoms with E-state index < -0.39 is 33.4 Å². The van der Waals surface area contributed by atoms with Gasteiger partial charge in [-0.2, -0.15) is 0 Å². The molecule has 0 atom stereocenters. The molecule has 0 aliphatic carbocycles. The molecule has 2 aromatic rings. The van der Waals surface area contributed by atoms with Gasteiger partial charge in [0.15, 0.2) is 6.61 Å². The van der Waals surface area contributed by atoms with E-state index in [1.54, 1.807) is 0 Å². The Labute approximate surface area is 154 Å². The Morgan fingerprint density at radius 2 is 1.89 bits per heavy atom. The van der Waals surface area contributed by atoms with Gasteiger partial charge in [0.05, 0.1) is 15.4 Å². The lowest BCUT2D eigenvalue weighted by Crippen LogP contribution is -2.22. The average molecular weight is 393 g/mol. The van der Waals surface area contributed by atoms with Gasteiger partial charge in [-0.05, 0) is 30.7 Å². The van der Waals surface area contributed by atoms with Crippen LogP contribution in [0, 0.1) is 17.0 Å². The molecule has 0 saturated heterocycles. The van der Waals surface area contributed by atoms with Crippen LogP contribution in [0.15, 0.2) is 47.4 Å². The third-order valence-electron chi connectivity index (χ3n) is 3.44. The summed E-state index contributed by atoms with van der Waals surface area (Å²) in [5, 5.41) is 18.2. The van der Waals surface area contributed by atoms with Gasteiger partial charge >= 0.3 is 5.97 Å². The smallest absolute Gasteiger partial charge is 0.338 e. The number of para-hydroxylation sites is 2. The van der Waals surface area contributed by atoms with Crippen LogP contribution in [0.1, 0.15) is 15.9 Å². The Bertz CT molecular complexity index is 1020. The van der Waals surface area contributed by atoms with Crippen molar-refractivity contribution in [2.24, 2.45) is 5.14 Å². The van der Waals surface area contributed by atoms with Crippen LogP contribution in [0.2, 0.25) is 0 Å². The number of primary sulfonamides is 1. The minimum atomic E-state index is -4.03. The number of rotatable bonds is 6. The number of nitrogens with one attached hydrogen (secondary N) is 1. The summed E-state index contributed by atoms with van der Waals surface area (Å²) >= 11 is 0. The predicted molar refractivity (Wildman–Crippen MR) is 94.6 cm³/mol. The van der Waals surface area contributed by atoms with Crippen molar-refractivity contribution in [3.8, 4) is 0 Å². The summed E-state index contributed by atoms with van der Waals surface area (Å²) in [6.07, 6.45) is 0. The fourth-order valence-corrected chi connectivity index (χ4v) is 2.98. The molecule has 0 radical (unpaired) electrons. The van der Waals surface area contributed by atoms with E-state index in [1.807, 2.05) is 0 Å². The largest absolute Gasteiger partial charge is 0.452 e. The van der Waals surface area contributed by atoms with Crippen LogP contribution in [-0.4, -0.2) is 31.8 Å². The molecule has 27 heavy (non-hydrogen) atoms. The van der Waals surface area contributed by atoms with Gasteiger partial charge < -0.3 is 10.1 Å². The predicted octanol–water partition coefficient (Wildman–Crippen LogP) is 1.35. The zero-order chi connectivity index (χ0) is 20.2. The highest BCUT2D eigenvalue weighted by Crippen LogP contribution is 2.23.